The second-order valence-electron chi connectivity index (χ2n) is 11.7. The van der Waals surface area contributed by atoms with E-state index in [2.05, 4.69) is 38.7 Å². The number of carbonyl (C=O) groups excluding carboxylic acids is 2. The first-order chi connectivity index (χ1) is 20.1. The van der Waals surface area contributed by atoms with Gasteiger partial charge in [0.2, 0.25) is 21.8 Å². The minimum absolute atomic E-state index is 0.108. The van der Waals surface area contributed by atoms with E-state index in [1.54, 1.807) is 0 Å². The third-order valence-electron chi connectivity index (χ3n) is 8.99. The fraction of sp³-hybridized carbons (Fsp3) is 0.375. The number of rotatable bonds is 6. The average Bonchev–Trinajstić information content (AvgIpc) is 3.32. The van der Waals surface area contributed by atoms with Gasteiger partial charge in [-0.25, -0.2) is 8.42 Å². The van der Waals surface area contributed by atoms with Crippen LogP contribution in [-0.4, -0.2) is 63.1 Å². The van der Waals surface area contributed by atoms with Gasteiger partial charge in [-0.05, 0) is 59.7 Å². The van der Waals surface area contributed by atoms with Gasteiger partial charge in [-0.1, -0.05) is 70.5 Å². The lowest BCUT2D eigenvalue weighted by atomic mass is 9.74. The van der Waals surface area contributed by atoms with Crippen molar-refractivity contribution in [2.75, 3.05) is 30.2 Å². The number of carbonyl (C=O) groups is 2. The number of halogens is 1. The summed E-state index contributed by atoms with van der Waals surface area (Å²) in [6.45, 7) is 1.99. The largest absolute Gasteiger partial charge is 0.343 e. The number of nitrogens with zero attached hydrogens (tertiary/aromatic N) is 2. The van der Waals surface area contributed by atoms with Crippen molar-refractivity contribution in [3.63, 3.8) is 0 Å². The molecule has 220 valence electrons. The smallest absolute Gasteiger partial charge is 0.245 e. The molecule has 1 unspecified atom stereocenters. The molecule has 3 heterocycles. The zero-order valence-corrected chi connectivity index (χ0v) is 26.0. The summed E-state index contributed by atoms with van der Waals surface area (Å²) in [6, 6.07) is 22.5. The highest BCUT2D eigenvalue weighted by molar-refractivity contribution is 9.10. The summed E-state index contributed by atoms with van der Waals surface area (Å²) in [6.07, 6.45) is 3.51. The molecule has 0 radical (unpaired) electrons. The number of para-hydroxylation sites is 1. The van der Waals surface area contributed by atoms with Crippen LogP contribution in [0.2, 0.25) is 0 Å². The Morgan fingerprint density at radius 2 is 1.67 bits per heavy atom. The van der Waals surface area contributed by atoms with Crippen molar-refractivity contribution in [3.05, 3.63) is 99.5 Å². The highest BCUT2D eigenvalue weighted by atomic mass is 79.9. The predicted molar refractivity (Wildman–Crippen MR) is 167 cm³/mol. The van der Waals surface area contributed by atoms with Crippen LogP contribution in [0.5, 0.6) is 0 Å². The minimum Gasteiger partial charge on any atom is -0.343 e. The third-order valence-corrected chi connectivity index (χ3v) is 10.6. The van der Waals surface area contributed by atoms with Gasteiger partial charge in [-0.15, -0.1) is 0 Å². The Kier molecular flexibility index (Phi) is 7.89. The van der Waals surface area contributed by atoms with Gasteiger partial charge in [0.1, 0.15) is 6.04 Å². The van der Waals surface area contributed by atoms with Crippen LogP contribution in [0.3, 0.4) is 0 Å². The summed E-state index contributed by atoms with van der Waals surface area (Å²) < 4.78 is 27.6. The molecular formula is C32H35BrN4O4S. The lowest BCUT2D eigenvalue weighted by molar-refractivity contribution is -0.138. The zero-order valence-electron chi connectivity index (χ0n) is 23.6. The SMILES string of the molecule is CS(=O)(=O)N1CC2(CCN(C(=O)[C@@H](Cc3ccc(Br)cc3)NC(=O)C3Cc4ccccc4CN3)CC2)c2ccccc21. The van der Waals surface area contributed by atoms with E-state index in [4.69, 9.17) is 0 Å². The molecule has 3 aromatic carbocycles. The van der Waals surface area contributed by atoms with Gasteiger partial charge < -0.3 is 15.5 Å². The number of benzene rings is 3. The Morgan fingerprint density at radius 1 is 1.00 bits per heavy atom. The van der Waals surface area contributed by atoms with Crippen molar-refractivity contribution in [3.8, 4) is 0 Å². The predicted octanol–water partition coefficient (Wildman–Crippen LogP) is 3.53. The first-order valence-corrected chi connectivity index (χ1v) is 17.0. The van der Waals surface area contributed by atoms with Crippen molar-refractivity contribution in [1.29, 1.82) is 0 Å². The van der Waals surface area contributed by atoms with Crippen molar-refractivity contribution in [1.82, 2.24) is 15.5 Å². The van der Waals surface area contributed by atoms with Gasteiger partial charge in [0, 0.05) is 42.5 Å². The summed E-state index contributed by atoms with van der Waals surface area (Å²) in [7, 11) is -3.42. The molecule has 42 heavy (non-hydrogen) atoms. The normalized spacial score (nSPS) is 20.1. The van der Waals surface area contributed by atoms with E-state index in [0.717, 1.165) is 26.9 Å². The summed E-state index contributed by atoms with van der Waals surface area (Å²) in [4.78, 5) is 29.4. The standard InChI is InChI=1S/C32H35BrN4O4S/c1-42(40,41)37-21-32(26-8-4-5-9-29(26)37)14-16-36(17-15-32)31(39)28(18-22-10-12-25(33)13-11-22)35-30(38)27-19-23-6-2-3-7-24(23)20-34-27/h2-13,27-28,34H,14-21H2,1H3,(H,35,38)/t27?,28-/m1/s1. The molecule has 6 rings (SSSR count). The van der Waals surface area contributed by atoms with Crippen LogP contribution >= 0.6 is 15.9 Å². The Morgan fingerprint density at radius 3 is 2.38 bits per heavy atom. The Balaban J connectivity index is 1.19. The fourth-order valence-corrected chi connectivity index (χ4v) is 7.91. The molecule has 0 aliphatic carbocycles. The molecule has 0 saturated carbocycles. The molecule has 3 aliphatic heterocycles. The topological polar surface area (TPSA) is 98.8 Å². The summed E-state index contributed by atoms with van der Waals surface area (Å²) in [5, 5.41) is 6.42. The van der Waals surface area contributed by atoms with Crippen LogP contribution in [0, 0.1) is 0 Å². The molecule has 1 saturated heterocycles. The Labute approximate surface area is 255 Å². The minimum atomic E-state index is -3.42. The van der Waals surface area contributed by atoms with Crippen molar-refractivity contribution in [2.24, 2.45) is 0 Å². The van der Waals surface area contributed by atoms with Gasteiger partial charge in [-0.3, -0.25) is 13.9 Å². The molecule has 1 fully saturated rings. The lowest BCUT2D eigenvalue weighted by Crippen LogP contribution is -2.57. The maximum absolute atomic E-state index is 14.0. The van der Waals surface area contributed by atoms with Crippen molar-refractivity contribution < 1.29 is 18.0 Å². The van der Waals surface area contributed by atoms with E-state index in [1.807, 2.05) is 65.6 Å². The van der Waals surface area contributed by atoms with E-state index >= 15 is 0 Å². The molecular weight excluding hydrogens is 616 g/mol. The van der Waals surface area contributed by atoms with Crippen LogP contribution in [0.25, 0.3) is 0 Å². The number of amides is 2. The van der Waals surface area contributed by atoms with Gasteiger partial charge in [0.25, 0.3) is 0 Å². The quantitative estimate of drug-likeness (QED) is 0.425. The van der Waals surface area contributed by atoms with Gasteiger partial charge in [0.15, 0.2) is 0 Å². The number of piperidine rings is 1. The molecule has 0 aromatic heterocycles. The molecule has 1 spiro atoms. The second kappa shape index (κ2) is 11.5. The molecule has 8 nitrogen and oxygen atoms in total. The van der Waals surface area contributed by atoms with Gasteiger partial charge in [0.05, 0.1) is 18.0 Å². The number of likely N-dealkylation sites (tertiary alicyclic amines) is 1. The zero-order chi connectivity index (χ0) is 29.5. The van der Waals surface area contributed by atoms with E-state index in [9.17, 15) is 18.0 Å². The molecule has 2 atom stereocenters. The first-order valence-electron chi connectivity index (χ1n) is 14.3. The highest BCUT2D eigenvalue weighted by Crippen LogP contribution is 2.47. The van der Waals surface area contributed by atoms with Crippen LogP contribution in [0.15, 0.2) is 77.3 Å². The van der Waals surface area contributed by atoms with Crippen molar-refractivity contribution in [2.45, 2.75) is 49.7 Å². The summed E-state index contributed by atoms with van der Waals surface area (Å²) in [5.41, 5.74) is 4.73. The fourth-order valence-electron chi connectivity index (χ4n) is 6.65. The van der Waals surface area contributed by atoms with E-state index in [0.29, 0.717) is 51.9 Å². The van der Waals surface area contributed by atoms with E-state index < -0.39 is 22.1 Å². The third kappa shape index (κ3) is 5.72. The lowest BCUT2D eigenvalue weighted by Gasteiger charge is -2.41. The van der Waals surface area contributed by atoms with Gasteiger partial charge in [-0.2, -0.15) is 0 Å². The summed E-state index contributed by atoms with van der Waals surface area (Å²) in [5.74, 6) is -0.287. The number of sulfonamides is 1. The number of hydrogen-bond acceptors (Lipinski definition) is 5. The Bertz CT molecular complexity index is 1600. The van der Waals surface area contributed by atoms with Gasteiger partial charge >= 0.3 is 0 Å². The molecule has 0 bridgehead atoms. The maximum Gasteiger partial charge on any atom is 0.245 e. The second-order valence-corrected chi connectivity index (χ2v) is 14.5. The van der Waals surface area contributed by atoms with Crippen LogP contribution < -0.4 is 14.9 Å². The van der Waals surface area contributed by atoms with Crippen LogP contribution in [0.1, 0.15) is 35.1 Å². The molecule has 2 amide bonds. The average molecular weight is 652 g/mol. The first kappa shape index (κ1) is 28.9. The van der Waals surface area contributed by atoms with Crippen molar-refractivity contribution >= 4 is 43.5 Å². The molecule has 3 aromatic rings. The number of hydrogen-bond donors (Lipinski definition) is 2. The van der Waals surface area contributed by atoms with Crippen LogP contribution in [-0.2, 0) is 44.4 Å². The monoisotopic (exact) mass is 650 g/mol. The highest BCUT2D eigenvalue weighted by Gasteiger charge is 2.48. The molecule has 2 N–H and O–H groups in total. The molecule has 3 aliphatic rings. The number of nitrogens with one attached hydrogen (secondary N) is 2. The van der Waals surface area contributed by atoms with Crippen LogP contribution in [0.4, 0.5) is 5.69 Å². The van der Waals surface area contributed by atoms with E-state index in [-0.39, 0.29) is 17.2 Å². The maximum atomic E-state index is 14.0. The Hall–Kier alpha value is -3.21. The van der Waals surface area contributed by atoms with E-state index in [1.165, 1.54) is 16.1 Å². The molecule has 10 heteroatoms. The summed E-state index contributed by atoms with van der Waals surface area (Å²) >= 11 is 3.47. The number of anilines is 1. The number of fused-ring (bicyclic) bond motifs is 3.